The summed E-state index contributed by atoms with van der Waals surface area (Å²) in [6.07, 6.45) is 3.98. The lowest BCUT2D eigenvalue weighted by molar-refractivity contribution is -0.133. The summed E-state index contributed by atoms with van der Waals surface area (Å²) in [6, 6.07) is 10.6. The largest absolute Gasteiger partial charge is 0.383 e. The van der Waals surface area contributed by atoms with Crippen LogP contribution in [0.1, 0.15) is 44.1 Å². The van der Waals surface area contributed by atoms with Gasteiger partial charge in [-0.2, -0.15) is 0 Å². The molecule has 2 heterocycles. The summed E-state index contributed by atoms with van der Waals surface area (Å²) in [5, 5.41) is 0. The molecule has 2 saturated heterocycles. The molecular formula is C20H30N2O2. The van der Waals surface area contributed by atoms with Crippen LogP contribution in [-0.2, 0) is 9.53 Å². The van der Waals surface area contributed by atoms with Crippen LogP contribution in [0.5, 0.6) is 0 Å². The third-order valence-electron chi connectivity index (χ3n) is 5.85. The zero-order valence-corrected chi connectivity index (χ0v) is 15.0. The summed E-state index contributed by atoms with van der Waals surface area (Å²) < 4.78 is 5.28. The minimum absolute atomic E-state index is 0.0266. The summed E-state index contributed by atoms with van der Waals surface area (Å²) in [5.74, 6) is 0.608. The highest BCUT2D eigenvalue weighted by atomic mass is 16.5. The van der Waals surface area contributed by atoms with E-state index in [1.807, 2.05) is 0 Å². The van der Waals surface area contributed by atoms with Crippen molar-refractivity contribution in [3.05, 3.63) is 35.9 Å². The molecule has 2 aliphatic rings. The van der Waals surface area contributed by atoms with Gasteiger partial charge in [0.15, 0.2) is 0 Å². The first-order valence-electron chi connectivity index (χ1n) is 9.28. The van der Waals surface area contributed by atoms with Crippen molar-refractivity contribution < 1.29 is 9.53 Å². The van der Waals surface area contributed by atoms with Gasteiger partial charge in [0.05, 0.1) is 12.1 Å². The lowest BCUT2D eigenvalue weighted by Crippen LogP contribution is -2.56. The fourth-order valence-corrected chi connectivity index (χ4v) is 4.65. The average molecular weight is 330 g/mol. The van der Waals surface area contributed by atoms with E-state index in [4.69, 9.17) is 4.74 Å². The van der Waals surface area contributed by atoms with Gasteiger partial charge in [-0.1, -0.05) is 37.3 Å². The van der Waals surface area contributed by atoms with Gasteiger partial charge in [0.25, 0.3) is 0 Å². The minimum atomic E-state index is -0.0266. The molecule has 4 heteroatoms. The third-order valence-corrected chi connectivity index (χ3v) is 5.85. The molecule has 2 fully saturated rings. The highest BCUT2D eigenvalue weighted by Crippen LogP contribution is 2.48. The molecule has 0 aromatic heterocycles. The number of hydrogen-bond acceptors (Lipinski definition) is 3. The van der Waals surface area contributed by atoms with Crippen LogP contribution in [-0.4, -0.2) is 61.1 Å². The van der Waals surface area contributed by atoms with Gasteiger partial charge in [0.2, 0.25) is 5.91 Å². The molecule has 132 valence electrons. The van der Waals surface area contributed by atoms with Crippen LogP contribution >= 0.6 is 0 Å². The summed E-state index contributed by atoms with van der Waals surface area (Å²) >= 11 is 0. The number of nitrogens with zero attached hydrogens (tertiary/aromatic N) is 2. The molecule has 0 N–H and O–H groups in total. The van der Waals surface area contributed by atoms with Crippen molar-refractivity contribution in [2.24, 2.45) is 0 Å². The first kappa shape index (κ1) is 17.4. The number of benzene rings is 1. The molecule has 2 aliphatic heterocycles. The summed E-state index contributed by atoms with van der Waals surface area (Å²) in [4.78, 5) is 17.5. The highest BCUT2D eigenvalue weighted by Gasteiger charge is 2.53. The number of hydrogen-bond donors (Lipinski definition) is 0. The van der Waals surface area contributed by atoms with Crippen molar-refractivity contribution in [1.82, 2.24) is 9.80 Å². The predicted octanol–water partition coefficient (Wildman–Crippen LogP) is 2.89. The molecule has 0 unspecified atom stereocenters. The maximum absolute atomic E-state index is 12.8. The summed E-state index contributed by atoms with van der Waals surface area (Å²) in [6.45, 7) is 6.92. The Labute approximate surface area is 145 Å². The molecule has 24 heavy (non-hydrogen) atoms. The van der Waals surface area contributed by atoms with E-state index in [-0.39, 0.29) is 5.54 Å². The molecule has 0 aliphatic carbocycles. The Morgan fingerprint density at radius 2 is 1.88 bits per heavy atom. The van der Waals surface area contributed by atoms with E-state index in [9.17, 15) is 4.79 Å². The number of piperidine rings is 1. The molecule has 1 spiro atoms. The van der Waals surface area contributed by atoms with Crippen molar-refractivity contribution >= 4 is 5.91 Å². The van der Waals surface area contributed by atoms with Crippen LogP contribution in [0.2, 0.25) is 0 Å². The molecule has 1 aromatic rings. The van der Waals surface area contributed by atoms with Crippen LogP contribution in [0.15, 0.2) is 30.3 Å². The molecule has 0 radical (unpaired) electrons. The number of ether oxygens (including phenoxy) is 1. The molecule has 3 rings (SSSR count). The van der Waals surface area contributed by atoms with Gasteiger partial charge in [-0.25, -0.2) is 0 Å². The first-order chi connectivity index (χ1) is 11.7. The standard InChI is InChI=1S/C20H30N2O2/c1-3-11-21-12-9-20(10-13-21)18(17-7-5-4-6-8-17)16-19(23)22(20)14-15-24-2/h4-8,18H,3,9-16H2,1-2H3/t18-/m0/s1. The molecule has 0 saturated carbocycles. The number of amides is 1. The fraction of sp³-hybridized carbons (Fsp3) is 0.650. The number of likely N-dealkylation sites (tertiary alicyclic amines) is 2. The van der Waals surface area contributed by atoms with E-state index >= 15 is 0 Å². The molecule has 1 amide bonds. The van der Waals surface area contributed by atoms with Crippen LogP contribution in [0.25, 0.3) is 0 Å². The molecule has 1 atom stereocenters. The van der Waals surface area contributed by atoms with E-state index in [0.717, 1.165) is 32.5 Å². The maximum atomic E-state index is 12.8. The normalized spacial score (nSPS) is 24.0. The van der Waals surface area contributed by atoms with Crippen LogP contribution in [0.4, 0.5) is 0 Å². The Bertz CT molecular complexity index is 538. The first-order valence-corrected chi connectivity index (χ1v) is 9.28. The van der Waals surface area contributed by atoms with Crippen LogP contribution in [0, 0.1) is 0 Å². The SMILES string of the molecule is CCCN1CCC2(CC1)[C@H](c1ccccc1)CC(=O)N2CCOC. The Balaban J connectivity index is 1.87. The molecule has 0 bridgehead atoms. The van der Waals surface area contributed by atoms with Crippen molar-refractivity contribution in [3.8, 4) is 0 Å². The van der Waals surface area contributed by atoms with Crippen molar-refractivity contribution in [3.63, 3.8) is 0 Å². The van der Waals surface area contributed by atoms with E-state index in [1.165, 1.54) is 12.0 Å². The topological polar surface area (TPSA) is 32.8 Å². The van der Waals surface area contributed by atoms with Gasteiger partial charge in [-0.3, -0.25) is 4.79 Å². The monoisotopic (exact) mass is 330 g/mol. The average Bonchev–Trinajstić information content (AvgIpc) is 2.88. The third kappa shape index (κ3) is 3.22. The fourth-order valence-electron chi connectivity index (χ4n) is 4.65. The lowest BCUT2D eigenvalue weighted by atomic mass is 9.73. The second-order valence-electron chi connectivity index (χ2n) is 7.15. The minimum Gasteiger partial charge on any atom is -0.383 e. The van der Waals surface area contributed by atoms with Gasteiger partial charge >= 0.3 is 0 Å². The Morgan fingerprint density at radius 3 is 2.50 bits per heavy atom. The number of carbonyl (C=O) groups is 1. The van der Waals surface area contributed by atoms with E-state index in [0.29, 0.717) is 31.4 Å². The number of rotatable bonds is 6. The van der Waals surface area contributed by atoms with Crippen molar-refractivity contribution in [2.75, 3.05) is 39.9 Å². The maximum Gasteiger partial charge on any atom is 0.223 e. The van der Waals surface area contributed by atoms with E-state index in [1.54, 1.807) is 7.11 Å². The van der Waals surface area contributed by atoms with E-state index in [2.05, 4.69) is 47.1 Å². The predicted molar refractivity (Wildman–Crippen MR) is 96.1 cm³/mol. The lowest BCUT2D eigenvalue weighted by Gasteiger charge is -2.48. The van der Waals surface area contributed by atoms with Gasteiger partial charge in [-0.05, 0) is 31.4 Å². The molecule has 4 nitrogen and oxygen atoms in total. The Hall–Kier alpha value is -1.39. The van der Waals surface area contributed by atoms with Gasteiger partial charge in [0, 0.05) is 39.1 Å². The summed E-state index contributed by atoms with van der Waals surface area (Å²) in [5.41, 5.74) is 1.29. The number of methoxy groups -OCH3 is 1. The smallest absolute Gasteiger partial charge is 0.223 e. The van der Waals surface area contributed by atoms with Crippen LogP contribution < -0.4 is 0 Å². The van der Waals surface area contributed by atoms with Gasteiger partial charge < -0.3 is 14.5 Å². The Kier molecular flexibility index (Phi) is 5.57. The molecule has 1 aromatic carbocycles. The quantitative estimate of drug-likeness (QED) is 0.804. The molecular weight excluding hydrogens is 300 g/mol. The van der Waals surface area contributed by atoms with Crippen molar-refractivity contribution in [2.45, 2.75) is 44.1 Å². The van der Waals surface area contributed by atoms with Gasteiger partial charge in [0.1, 0.15) is 0 Å². The second-order valence-corrected chi connectivity index (χ2v) is 7.15. The van der Waals surface area contributed by atoms with Crippen LogP contribution in [0.3, 0.4) is 0 Å². The zero-order chi connectivity index (χ0) is 17.0. The van der Waals surface area contributed by atoms with Crippen molar-refractivity contribution in [1.29, 1.82) is 0 Å². The van der Waals surface area contributed by atoms with E-state index < -0.39 is 0 Å². The highest BCUT2D eigenvalue weighted by molar-refractivity contribution is 5.81. The summed E-state index contributed by atoms with van der Waals surface area (Å²) in [7, 11) is 1.71. The van der Waals surface area contributed by atoms with Gasteiger partial charge in [-0.15, -0.1) is 0 Å². The number of carbonyl (C=O) groups excluding carboxylic acids is 1. The second kappa shape index (κ2) is 7.66. The Morgan fingerprint density at radius 1 is 1.17 bits per heavy atom. The zero-order valence-electron chi connectivity index (χ0n) is 15.0.